The van der Waals surface area contributed by atoms with Crippen LogP contribution in [0, 0.1) is 0 Å². The molecule has 3 aromatic carbocycles. The van der Waals surface area contributed by atoms with E-state index in [1.807, 2.05) is 71.6 Å². The molecule has 0 unspecified atom stereocenters. The average Bonchev–Trinajstić information content (AvgIpc) is 3.07. The van der Waals surface area contributed by atoms with Crippen LogP contribution in [0.4, 0.5) is 0 Å². The van der Waals surface area contributed by atoms with Crippen LogP contribution in [0.15, 0.2) is 71.6 Å². The van der Waals surface area contributed by atoms with E-state index in [4.69, 9.17) is 16.3 Å². The molecule has 0 saturated carbocycles. The fourth-order valence-corrected chi connectivity index (χ4v) is 5.31. The minimum Gasteiger partial charge on any atom is -0.460 e. The fraction of sp³-hybridized carbons (Fsp3) is 0.308. The van der Waals surface area contributed by atoms with Gasteiger partial charge in [0, 0.05) is 41.5 Å². The third-order valence-corrected chi connectivity index (χ3v) is 7.06. The number of hydrogen-bond donors (Lipinski definition) is 0. The van der Waals surface area contributed by atoms with Crippen molar-refractivity contribution in [1.82, 2.24) is 9.80 Å². The van der Waals surface area contributed by atoms with Gasteiger partial charge in [0.15, 0.2) is 0 Å². The van der Waals surface area contributed by atoms with Gasteiger partial charge in [0.2, 0.25) is 5.91 Å². The van der Waals surface area contributed by atoms with E-state index in [1.165, 1.54) is 11.8 Å². The van der Waals surface area contributed by atoms with Gasteiger partial charge < -0.3 is 9.64 Å². The summed E-state index contributed by atoms with van der Waals surface area (Å²) in [6, 6.07) is 21.5. The van der Waals surface area contributed by atoms with Gasteiger partial charge in [-0.25, -0.2) is 0 Å². The number of thioether (sulfide) groups is 1. The monoisotopic (exact) mass is 482 g/mol. The number of benzene rings is 3. The lowest BCUT2D eigenvalue weighted by molar-refractivity contribution is -0.146. The SMILES string of the molecule is O=C(CN1CCCN(C(=O)CSc2cccc3cccc(Cl)c23)CC1)OCc1ccccc1. The molecule has 0 N–H and O–H groups in total. The first-order valence-electron chi connectivity index (χ1n) is 11.1. The Balaban J connectivity index is 1.25. The van der Waals surface area contributed by atoms with Crippen LogP contribution < -0.4 is 0 Å². The van der Waals surface area contributed by atoms with Gasteiger partial charge in [-0.05, 0) is 29.5 Å². The largest absolute Gasteiger partial charge is 0.460 e. The van der Waals surface area contributed by atoms with Crippen molar-refractivity contribution in [3.63, 3.8) is 0 Å². The number of fused-ring (bicyclic) bond motifs is 1. The maximum Gasteiger partial charge on any atom is 0.320 e. The lowest BCUT2D eigenvalue weighted by Crippen LogP contribution is -2.37. The molecule has 1 amide bonds. The van der Waals surface area contributed by atoms with Gasteiger partial charge in [0.1, 0.15) is 6.61 Å². The van der Waals surface area contributed by atoms with E-state index < -0.39 is 0 Å². The molecule has 1 saturated heterocycles. The Morgan fingerprint density at radius 3 is 2.52 bits per heavy atom. The topological polar surface area (TPSA) is 49.9 Å². The molecule has 0 atom stereocenters. The predicted molar refractivity (Wildman–Crippen MR) is 134 cm³/mol. The standard InChI is InChI=1S/C26H27ClN2O3S/c27-22-11-4-9-21-10-5-12-23(26(21)22)33-19-24(30)29-14-6-13-28(15-16-29)17-25(31)32-18-20-7-2-1-3-8-20/h1-5,7-12H,6,13-19H2. The molecule has 1 fully saturated rings. The van der Waals surface area contributed by atoms with Crippen molar-refractivity contribution in [3.8, 4) is 0 Å². The summed E-state index contributed by atoms with van der Waals surface area (Å²) in [6.45, 7) is 3.28. The quantitative estimate of drug-likeness (QED) is 0.355. The number of carbonyl (C=O) groups excluding carboxylic acids is 2. The van der Waals surface area contributed by atoms with Gasteiger partial charge in [0.05, 0.1) is 12.3 Å². The number of nitrogens with zero attached hydrogens (tertiary/aromatic N) is 2. The second-order valence-electron chi connectivity index (χ2n) is 8.04. The van der Waals surface area contributed by atoms with Crippen molar-refractivity contribution in [2.75, 3.05) is 38.5 Å². The van der Waals surface area contributed by atoms with Crippen molar-refractivity contribution >= 4 is 46.0 Å². The Bertz CT molecular complexity index is 1100. The van der Waals surface area contributed by atoms with Crippen molar-refractivity contribution < 1.29 is 14.3 Å². The number of halogens is 1. The summed E-state index contributed by atoms with van der Waals surface area (Å²) in [5.41, 5.74) is 0.975. The zero-order chi connectivity index (χ0) is 23.0. The average molecular weight is 483 g/mol. The minimum absolute atomic E-state index is 0.109. The highest BCUT2D eigenvalue weighted by atomic mass is 35.5. The van der Waals surface area contributed by atoms with Crippen LogP contribution in [-0.4, -0.2) is 60.2 Å². The third-order valence-electron chi connectivity index (χ3n) is 5.70. The maximum absolute atomic E-state index is 12.9. The normalized spacial score (nSPS) is 14.8. The van der Waals surface area contributed by atoms with Gasteiger partial charge in [0.25, 0.3) is 0 Å². The predicted octanol–water partition coefficient (Wildman–Crippen LogP) is 4.86. The summed E-state index contributed by atoms with van der Waals surface area (Å²) < 4.78 is 5.40. The second-order valence-corrected chi connectivity index (χ2v) is 9.46. The van der Waals surface area contributed by atoms with Crippen molar-refractivity contribution in [1.29, 1.82) is 0 Å². The summed E-state index contributed by atoms with van der Waals surface area (Å²) in [7, 11) is 0. The Kier molecular flexibility index (Phi) is 8.26. The molecule has 4 rings (SSSR count). The Hall–Kier alpha value is -2.54. The van der Waals surface area contributed by atoms with E-state index in [0.717, 1.165) is 34.2 Å². The van der Waals surface area contributed by atoms with Crippen molar-refractivity contribution in [3.05, 3.63) is 77.3 Å². The molecule has 3 aromatic rings. The molecule has 33 heavy (non-hydrogen) atoms. The molecule has 0 aromatic heterocycles. The number of amides is 1. The first-order valence-corrected chi connectivity index (χ1v) is 12.5. The molecule has 1 aliphatic rings. The molecule has 1 aliphatic heterocycles. The number of hydrogen-bond acceptors (Lipinski definition) is 5. The van der Waals surface area contributed by atoms with E-state index in [2.05, 4.69) is 4.90 Å². The van der Waals surface area contributed by atoms with Crippen molar-refractivity contribution in [2.24, 2.45) is 0 Å². The molecule has 0 spiro atoms. The number of ether oxygens (including phenoxy) is 1. The summed E-state index contributed by atoms with van der Waals surface area (Å²) in [5, 5.41) is 2.77. The van der Waals surface area contributed by atoms with Gasteiger partial charge >= 0.3 is 5.97 Å². The molecule has 172 valence electrons. The molecule has 5 nitrogen and oxygen atoms in total. The Labute approximate surface area is 203 Å². The lowest BCUT2D eigenvalue weighted by Gasteiger charge is -2.21. The zero-order valence-electron chi connectivity index (χ0n) is 18.4. The first kappa shape index (κ1) is 23.6. The smallest absolute Gasteiger partial charge is 0.320 e. The van der Waals surface area contributed by atoms with E-state index in [9.17, 15) is 9.59 Å². The summed E-state index contributed by atoms with van der Waals surface area (Å²) in [4.78, 5) is 30.1. The van der Waals surface area contributed by atoms with Crippen molar-refractivity contribution in [2.45, 2.75) is 17.9 Å². The molecule has 0 bridgehead atoms. The number of esters is 1. The van der Waals surface area contributed by atoms with E-state index in [1.54, 1.807) is 0 Å². The van der Waals surface area contributed by atoms with Crippen LogP contribution in [0.25, 0.3) is 10.8 Å². The Morgan fingerprint density at radius 2 is 1.70 bits per heavy atom. The van der Waals surface area contributed by atoms with Gasteiger partial charge in [-0.3, -0.25) is 14.5 Å². The molecular formula is C26H27ClN2O3S. The summed E-state index contributed by atoms with van der Waals surface area (Å²) in [5.74, 6) is 0.239. The van der Waals surface area contributed by atoms with Crippen LogP contribution in [-0.2, 0) is 20.9 Å². The third kappa shape index (κ3) is 6.50. The summed E-state index contributed by atoms with van der Waals surface area (Å²) >= 11 is 7.94. The first-order chi connectivity index (χ1) is 16.1. The van der Waals surface area contributed by atoms with Gasteiger partial charge in [-0.15, -0.1) is 11.8 Å². The van der Waals surface area contributed by atoms with Crippen LogP contribution >= 0.6 is 23.4 Å². The summed E-state index contributed by atoms with van der Waals surface area (Å²) in [6.07, 6.45) is 0.836. The highest BCUT2D eigenvalue weighted by Gasteiger charge is 2.21. The zero-order valence-corrected chi connectivity index (χ0v) is 20.0. The van der Waals surface area contributed by atoms with Crippen LogP contribution in [0.2, 0.25) is 5.02 Å². The second kappa shape index (κ2) is 11.5. The molecule has 0 radical (unpaired) electrons. The van der Waals surface area contributed by atoms with Gasteiger partial charge in [-0.2, -0.15) is 0 Å². The molecular weight excluding hydrogens is 456 g/mol. The van der Waals surface area contributed by atoms with Gasteiger partial charge in [-0.1, -0.05) is 66.2 Å². The fourth-order valence-electron chi connectivity index (χ4n) is 3.96. The number of rotatable bonds is 7. The molecule has 1 heterocycles. The molecule has 7 heteroatoms. The van der Waals surface area contributed by atoms with Crippen LogP contribution in [0.5, 0.6) is 0 Å². The highest BCUT2D eigenvalue weighted by molar-refractivity contribution is 8.00. The minimum atomic E-state index is -0.234. The lowest BCUT2D eigenvalue weighted by atomic mass is 10.1. The Morgan fingerprint density at radius 1 is 0.909 bits per heavy atom. The maximum atomic E-state index is 12.9. The van der Waals surface area contributed by atoms with E-state index >= 15 is 0 Å². The highest BCUT2D eigenvalue weighted by Crippen LogP contribution is 2.33. The number of carbonyl (C=O) groups is 2. The van der Waals surface area contributed by atoms with Crippen LogP contribution in [0.1, 0.15) is 12.0 Å². The van der Waals surface area contributed by atoms with Crippen LogP contribution in [0.3, 0.4) is 0 Å². The van der Waals surface area contributed by atoms with E-state index in [-0.39, 0.29) is 25.0 Å². The van der Waals surface area contributed by atoms with E-state index in [0.29, 0.717) is 30.4 Å². The molecule has 0 aliphatic carbocycles.